The molecule has 0 atom stereocenters. The lowest BCUT2D eigenvalue weighted by Gasteiger charge is -2.12. The van der Waals surface area contributed by atoms with Gasteiger partial charge in [-0.15, -0.1) is 12.4 Å². The van der Waals surface area contributed by atoms with E-state index in [1.165, 1.54) is 11.1 Å². The van der Waals surface area contributed by atoms with Gasteiger partial charge in [0.05, 0.1) is 5.69 Å². The van der Waals surface area contributed by atoms with Crippen molar-refractivity contribution in [3.8, 4) is 16.8 Å². The second-order valence-electron chi connectivity index (χ2n) is 8.02. The molecule has 4 nitrogen and oxygen atoms in total. The summed E-state index contributed by atoms with van der Waals surface area (Å²) in [5, 5.41) is 1.15. The second-order valence-corrected chi connectivity index (χ2v) is 8.02. The van der Waals surface area contributed by atoms with E-state index in [2.05, 4.69) is 37.1 Å². The first kappa shape index (κ1) is 20.5. The Morgan fingerprint density at radius 3 is 2.53 bits per heavy atom. The van der Waals surface area contributed by atoms with E-state index < -0.39 is 0 Å². The monoisotopic (exact) mass is 420 g/mol. The summed E-state index contributed by atoms with van der Waals surface area (Å²) in [5.74, 6) is 1.09. The maximum atomic E-state index is 12.8. The van der Waals surface area contributed by atoms with Crippen LogP contribution in [0.4, 0.5) is 0 Å². The summed E-state index contributed by atoms with van der Waals surface area (Å²) in [6.45, 7) is 4.06. The van der Waals surface area contributed by atoms with Crippen molar-refractivity contribution in [1.29, 1.82) is 0 Å². The summed E-state index contributed by atoms with van der Waals surface area (Å²) in [5.41, 5.74) is 6.11. The molecule has 3 heterocycles. The molecule has 5 heteroatoms. The van der Waals surface area contributed by atoms with Crippen LogP contribution in [0.2, 0.25) is 0 Å². The minimum Gasteiger partial charge on any atom is -0.461 e. The van der Waals surface area contributed by atoms with Gasteiger partial charge in [-0.05, 0) is 56.3 Å². The fourth-order valence-electron chi connectivity index (χ4n) is 4.19. The molecule has 30 heavy (non-hydrogen) atoms. The summed E-state index contributed by atoms with van der Waals surface area (Å²) < 4.78 is 7.86. The van der Waals surface area contributed by atoms with E-state index in [1.807, 2.05) is 36.5 Å². The van der Waals surface area contributed by atoms with Crippen molar-refractivity contribution >= 4 is 23.4 Å². The number of rotatable bonds is 2. The molecule has 0 radical (unpaired) electrons. The predicted octanol–water partition coefficient (Wildman–Crippen LogP) is 5.36. The molecule has 0 saturated heterocycles. The number of furan rings is 1. The Bertz CT molecular complexity index is 1250. The van der Waals surface area contributed by atoms with Crippen LogP contribution < -0.4 is 5.56 Å². The Hall–Kier alpha value is -2.82. The molecule has 0 bridgehead atoms. The Morgan fingerprint density at radius 2 is 1.77 bits per heavy atom. The number of aryl methyl sites for hydroxylation is 2. The number of nitrogens with zero attached hydrogens (tertiary/aromatic N) is 2. The zero-order valence-electron chi connectivity index (χ0n) is 17.2. The molecule has 0 amide bonds. The van der Waals surface area contributed by atoms with E-state index in [4.69, 9.17) is 4.42 Å². The van der Waals surface area contributed by atoms with Gasteiger partial charge in [-0.25, -0.2) is 0 Å². The topological polar surface area (TPSA) is 38.4 Å². The minimum atomic E-state index is -0.0460. The summed E-state index contributed by atoms with van der Waals surface area (Å²) >= 11 is 0. The van der Waals surface area contributed by atoms with E-state index >= 15 is 0 Å². The molecule has 1 aliphatic heterocycles. The quantitative estimate of drug-likeness (QED) is 0.438. The van der Waals surface area contributed by atoms with Gasteiger partial charge in [0.15, 0.2) is 0 Å². The van der Waals surface area contributed by atoms with Gasteiger partial charge < -0.3 is 9.32 Å². The van der Waals surface area contributed by atoms with Crippen LogP contribution in [-0.4, -0.2) is 23.1 Å². The van der Waals surface area contributed by atoms with Crippen LogP contribution in [0, 0.1) is 6.92 Å². The third-order valence-electron chi connectivity index (χ3n) is 5.81. The van der Waals surface area contributed by atoms with Crippen molar-refractivity contribution < 1.29 is 4.42 Å². The first-order valence-electron chi connectivity index (χ1n) is 10.1. The van der Waals surface area contributed by atoms with Gasteiger partial charge in [-0.1, -0.05) is 29.8 Å². The fourth-order valence-corrected chi connectivity index (χ4v) is 4.19. The largest absolute Gasteiger partial charge is 0.461 e. The van der Waals surface area contributed by atoms with Gasteiger partial charge in [0.2, 0.25) is 0 Å². The summed E-state index contributed by atoms with van der Waals surface area (Å²) in [4.78, 5) is 15.2. The van der Waals surface area contributed by atoms with Crippen molar-refractivity contribution in [2.24, 2.45) is 0 Å². The standard InChI is InChI=1S/C25H24N2O2.ClH/c1-17-5-7-18(8-6-17)19-11-13-27(25(28)14-19)20-9-10-21-22-16-26(2)12-3-4-23(22)29-24(21)15-20;/h5-11,13-15H,3-4,12,16H2,1-2H3;1H. The lowest BCUT2D eigenvalue weighted by atomic mass is 10.1. The molecule has 1 aliphatic rings. The smallest absolute Gasteiger partial charge is 0.255 e. The molecule has 4 aromatic rings. The van der Waals surface area contributed by atoms with E-state index in [0.29, 0.717) is 0 Å². The van der Waals surface area contributed by atoms with Gasteiger partial charge >= 0.3 is 0 Å². The van der Waals surface area contributed by atoms with Crippen LogP contribution in [0.3, 0.4) is 0 Å². The number of benzene rings is 2. The molecule has 0 unspecified atom stereocenters. The Morgan fingerprint density at radius 1 is 0.967 bits per heavy atom. The maximum absolute atomic E-state index is 12.8. The van der Waals surface area contributed by atoms with Crippen LogP contribution in [0.5, 0.6) is 0 Å². The summed E-state index contributed by atoms with van der Waals surface area (Å²) in [6, 6.07) is 18.0. The average molecular weight is 421 g/mol. The lowest BCUT2D eigenvalue weighted by molar-refractivity contribution is 0.333. The second kappa shape index (κ2) is 8.13. The highest BCUT2D eigenvalue weighted by atomic mass is 35.5. The fraction of sp³-hybridized carbons (Fsp3) is 0.240. The number of fused-ring (bicyclic) bond motifs is 3. The number of aromatic nitrogens is 1. The molecule has 2 aromatic carbocycles. The third-order valence-corrected chi connectivity index (χ3v) is 5.81. The molecular weight excluding hydrogens is 396 g/mol. The highest BCUT2D eigenvalue weighted by Crippen LogP contribution is 2.31. The number of pyridine rings is 1. The molecule has 5 rings (SSSR count). The Balaban J connectivity index is 0.00000218. The first-order chi connectivity index (χ1) is 14.1. The van der Waals surface area contributed by atoms with E-state index in [9.17, 15) is 4.79 Å². The minimum absolute atomic E-state index is 0. The van der Waals surface area contributed by atoms with Crippen molar-refractivity contribution in [2.45, 2.75) is 26.3 Å². The molecule has 0 N–H and O–H groups in total. The first-order valence-corrected chi connectivity index (χ1v) is 10.1. The maximum Gasteiger partial charge on any atom is 0.255 e. The van der Waals surface area contributed by atoms with Gasteiger partial charge in [0.1, 0.15) is 11.3 Å². The van der Waals surface area contributed by atoms with Crippen molar-refractivity contribution in [3.05, 3.63) is 88.0 Å². The number of hydrogen-bond donors (Lipinski definition) is 0. The Kier molecular flexibility index (Phi) is 5.54. The third kappa shape index (κ3) is 3.69. The van der Waals surface area contributed by atoms with Crippen molar-refractivity contribution in [2.75, 3.05) is 13.6 Å². The SMILES string of the molecule is Cc1ccc(-c2ccn(-c3ccc4c5c(oc4c3)CCCN(C)C5)c(=O)c2)cc1.Cl. The molecule has 0 spiro atoms. The highest BCUT2D eigenvalue weighted by molar-refractivity contribution is 5.85. The summed E-state index contributed by atoms with van der Waals surface area (Å²) in [6.07, 6.45) is 3.92. The van der Waals surface area contributed by atoms with Gasteiger partial charge in [0, 0.05) is 42.2 Å². The van der Waals surface area contributed by atoms with Crippen LogP contribution >= 0.6 is 12.4 Å². The molecule has 0 saturated carbocycles. The number of halogens is 1. The number of hydrogen-bond acceptors (Lipinski definition) is 3. The van der Waals surface area contributed by atoms with Gasteiger partial charge in [-0.2, -0.15) is 0 Å². The van der Waals surface area contributed by atoms with Crippen LogP contribution in [0.15, 0.2) is 70.0 Å². The molecule has 154 valence electrons. The predicted molar refractivity (Wildman–Crippen MR) is 124 cm³/mol. The molecular formula is C25H25ClN2O2. The molecule has 0 aliphatic carbocycles. The van der Waals surface area contributed by atoms with E-state index in [1.54, 1.807) is 10.6 Å². The normalized spacial score (nSPS) is 14.2. The van der Waals surface area contributed by atoms with E-state index in [0.717, 1.165) is 59.5 Å². The van der Waals surface area contributed by atoms with Crippen molar-refractivity contribution in [3.63, 3.8) is 0 Å². The average Bonchev–Trinajstić information content (AvgIpc) is 2.93. The van der Waals surface area contributed by atoms with Crippen molar-refractivity contribution in [1.82, 2.24) is 9.47 Å². The van der Waals surface area contributed by atoms with Crippen LogP contribution in [0.1, 0.15) is 23.3 Å². The highest BCUT2D eigenvalue weighted by Gasteiger charge is 2.19. The Labute approximate surface area is 182 Å². The molecule has 0 fully saturated rings. The van der Waals surface area contributed by atoms with Crippen LogP contribution in [-0.2, 0) is 13.0 Å². The van der Waals surface area contributed by atoms with Gasteiger partial charge in [0.25, 0.3) is 5.56 Å². The summed E-state index contributed by atoms with van der Waals surface area (Å²) in [7, 11) is 2.15. The van der Waals surface area contributed by atoms with E-state index in [-0.39, 0.29) is 18.0 Å². The molecule has 2 aromatic heterocycles. The zero-order valence-corrected chi connectivity index (χ0v) is 18.0. The van der Waals surface area contributed by atoms with Gasteiger partial charge in [-0.3, -0.25) is 9.36 Å². The zero-order chi connectivity index (χ0) is 20.0. The lowest BCUT2D eigenvalue weighted by Crippen LogP contribution is -2.17. The van der Waals surface area contributed by atoms with Crippen LogP contribution in [0.25, 0.3) is 27.8 Å².